The van der Waals surface area contributed by atoms with Gasteiger partial charge in [-0.3, -0.25) is 0 Å². The highest BCUT2D eigenvalue weighted by molar-refractivity contribution is 5.51. The van der Waals surface area contributed by atoms with E-state index in [0.717, 1.165) is 37.0 Å². The van der Waals surface area contributed by atoms with Crippen LogP contribution in [0, 0.1) is 0 Å². The van der Waals surface area contributed by atoms with Crippen molar-refractivity contribution in [3.05, 3.63) is 24.5 Å². The molecule has 0 saturated carbocycles. The molecule has 1 N–H and O–H groups in total. The lowest BCUT2D eigenvalue weighted by atomic mass is 10.2. The van der Waals surface area contributed by atoms with Gasteiger partial charge in [0.1, 0.15) is 5.69 Å². The average Bonchev–Trinajstić information content (AvgIpc) is 2.85. The number of hydrogen-bond acceptors (Lipinski definition) is 5. The fourth-order valence-corrected chi connectivity index (χ4v) is 2.37. The SMILES string of the molecule is C[C@@H]1CN(c2ccc(-c3nccn3C)nn2)CCN1. The third-order valence-electron chi connectivity index (χ3n) is 3.39. The highest BCUT2D eigenvalue weighted by Gasteiger charge is 2.17. The molecule has 1 atom stereocenters. The van der Waals surface area contributed by atoms with Crippen molar-refractivity contribution in [2.24, 2.45) is 7.05 Å². The molecular formula is C13H18N6. The van der Waals surface area contributed by atoms with Crippen molar-refractivity contribution in [1.82, 2.24) is 25.1 Å². The molecule has 1 aliphatic rings. The van der Waals surface area contributed by atoms with Crippen LogP contribution in [0.1, 0.15) is 6.92 Å². The predicted octanol–water partition coefficient (Wildman–Crippen LogP) is 0.675. The molecule has 3 rings (SSSR count). The Morgan fingerprint density at radius 3 is 2.84 bits per heavy atom. The van der Waals surface area contributed by atoms with Crippen LogP contribution in [0.2, 0.25) is 0 Å². The molecule has 6 heteroatoms. The van der Waals surface area contributed by atoms with Gasteiger partial charge >= 0.3 is 0 Å². The average molecular weight is 258 g/mol. The largest absolute Gasteiger partial charge is 0.352 e. The minimum atomic E-state index is 0.491. The van der Waals surface area contributed by atoms with E-state index in [2.05, 4.69) is 32.3 Å². The molecule has 0 spiro atoms. The first kappa shape index (κ1) is 12.1. The number of aryl methyl sites for hydroxylation is 1. The van der Waals surface area contributed by atoms with Gasteiger partial charge in [0.2, 0.25) is 0 Å². The van der Waals surface area contributed by atoms with Gasteiger partial charge in [0.15, 0.2) is 11.6 Å². The number of nitrogens with one attached hydrogen (secondary N) is 1. The van der Waals surface area contributed by atoms with Crippen LogP contribution in [-0.2, 0) is 7.05 Å². The van der Waals surface area contributed by atoms with Gasteiger partial charge in [0.05, 0.1) is 0 Å². The molecule has 0 aliphatic carbocycles. The zero-order valence-corrected chi connectivity index (χ0v) is 11.2. The summed E-state index contributed by atoms with van der Waals surface area (Å²) < 4.78 is 1.94. The summed E-state index contributed by atoms with van der Waals surface area (Å²) in [6, 6.07) is 4.50. The van der Waals surface area contributed by atoms with E-state index in [9.17, 15) is 0 Å². The molecule has 0 aromatic carbocycles. The van der Waals surface area contributed by atoms with E-state index in [1.165, 1.54) is 0 Å². The van der Waals surface area contributed by atoms with Crippen LogP contribution in [0.5, 0.6) is 0 Å². The minimum Gasteiger partial charge on any atom is -0.352 e. The van der Waals surface area contributed by atoms with Crippen molar-refractivity contribution in [3.8, 4) is 11.5 Å². The van der Waals surface area contributed by atoms with E-state index in [1.54, 1.807) is 6.20 Å². The van der Waals surface area contributed by atoms with E-state index in [1.807, 2.05) is 29.9 Å². The number of rotatable bonds is 2. The fourth-order valence-electron chi connectivity index (χ4n) is 2.37. The Hall–Kier alpha value is -1.95. The summed E-state index contributed by atoms with van der Waals surface area (Å²) in [4.78, 5) is 6.54. The lowest BCUT2D eigenvalue weighted by Gasteiger charge is -2.32. The monoisotopic (exact) mass is 258 g/mol. The van der Waals surface area contributed by atoms with E-state index < -0.39 is 0 Å². The first-order valence-corrected chi connectivity index (χ1v) is 6.54. The van der Waals surface area contributed by atoms with E-state index in [-0.39, 0.29) is 0 Å². The van der Waals surface area contributed by atoms with Gasteiger partial charge in [0, 0.05) is 45.1 Å². The van der Waals surface area contributed by atoms with Gasteiger partial charge in [-0.2, -0.15) is 0 Å². The van der Waals surface area contributed by atoms with Crippen molar-refractivity contribution in [3.63, 3.8) is 0 Å². The van der Waals surface area contributed by atoms with Crippen molar-refractivity contribution in [2.75, 3.05) is 24.5 Å². The first-order chi connectivity index (χ1) is 9.24. The molecule has 1 aliphatic heterocycles. The summed E-state index contributed by atoms with van der Waals surface area (Å²) in [6.07, 6.45) is 3.67. The van der Waals surface area contributed by atoms with Crippen LogP contribution in [0.4, 0.5) is 5.82 Å². The quantitative estimate of drug-likeness (QED) is 0.858. The molecule has 6 nitrogen and oxygen atoms in total. The molecule has 19 heavy (non-hydrogen) atoms. The summed E-state index contributed by atoms with van der Waals surface area (Å²) in [5.41, 5.74) is 0.805. The van der Waals surface area contributed by atoms with E-state index in [4.69, 9.17) is 0 Å². The van der Waals surface area contributed by atoms with Crippen LogP contribution in [0.3, 0.4) is 0 Å². The summed E-state index contributed by atoms with van der Waals surface area (Å²) in [6.45, 7) is 5.11. The Balaban J connectivity index is 1.81. The topological polar surface area (TPSA) is 58.9 Å². The maximum Gasteiger partial charge on any atom is 0.160 e. The number of hydrogen-bond donors (Lipinski definition) is 1. The van der Waals surface area contributed by atoms with Crippen molar-refractivity contribution < 1.29 is 0 Å². The normalized spacial score (nSPS) is 19.7. The number of nitrogens with zero attached hydrogens (tertiary/aromatic N) is 5. The standard InChI is InChI=1S/C13H18N6/c1-10-9-19(8-6-14-10)12-4-3-11(16-17-12)13-15-5-7-18(13)2/h3-5,7,10,14H,6,8-9H2,1-2H3/t10-/m1/s1. The van der Waals surface area contributed by atoms with E-state index in [0.29, 0.717) is 6.04 Å². The highest BCUT2D eigenvalue weighted by atomic mass is 15.3. The van der Waals surface area contributed by atoms with Crippen molar-refractivity contribution in [2.45, 2.75) is 13.0 Å². The third kappa shape index (κ3) is 2.44. The maximum atomic E-state index is 4.33. The first-order valence-electron chi connectivity index (χ1n) is 6.54. The molecule has 100 valence electrons. The van der Waals surface area contributed by atoms with Crippen molar-refractivity contribution in [1.29, 1.82) is 0 Å². The molecule has 2 aromatic rings. The molecule has 0 amide bonds. The highest BCUT2D eigenvalue weighted by Crippen LogP contribution is 2.17. The molecule has 3 heterocycles. The smallest absolute Gasteiger partial charge is 0.160 e. The zero-order valence-electron chi connectivity index (χ0n) is 11.2. The Morgan fingerprint density at radius 1 is 1.32 bits per heavy atom. The van der Waals surface area contributed by atoms with Crippen LogP contribution < -0.4 is 10.2 Å². The molecule has 1 saturated heterocycles. The van der Waals surface area contributed by atoms with Crippen LogP contribution in [0.15, 0.2) is 24.5 Å². The van der Waals surface area contributed by atoms with E-state index >= 15 is 0 Å². The van der Waals surface area contributed by atoms with Crippen LogP contribution in [-0.4, -0.2) is 45.4 Å². The molecule has 0 bridgehead atoms. The Bertz CT molecular complexity index is 547. The summed E-state index contributed by atoms with van der Waals surface area (Å²) >= 11 is 0. The Kier molecular flexibility index (Phi) is 3.16. The summed E-state index contributed by atoms with van der Waals surface area (Å²) in [7, 11) is 1.95. The zero-order chi connectivity index (χ0) is 13.2. The fraction of sp³-hybridized carbons (Fsp3) is 0.462. The molecule has 0 unspecified atom stereocenters. The number of anilines is 1. The Morgan fingerprint density at radius 2 is 2.21 bits per heavy atom. The van der Waals surface area contributed by atoms with Gasteiger partial charge in [0.25, 0.3) is 0 Å². The van der Waals surface area contributed by atoms with Crippen molar-refractivity contribution >= 4 is 5.82 Å². The third-order valence-corrected chi connectivity index (χ3v) is 3.39. The van der Waals surface area contributed by atoms with Crippen LogP contribution in [0.25, 0.3) is 11.5 Å². The van der Waals surface area contributed by atoms with Gasteiger partial charge in [-0.25, -0.2) is 4.98 Å². The minimum absolute atomic E-state index is 0.491. The van der Waals surface area contributed by atoms with Crippen LogP contribution >= 0.6 is 0 Å². The second kappa shape index (κ2) is 4.97. The lowest BCUT2D eigenvalue weighted by Crippen LogP contribution is -2.49. The number of piperazine rings is 1. The van der Waals surface area contributed by atoms with Gasteiger partial charge in [-0.1, -0.05) is 0 Å². The molecule has 0 radical (unpaired) electrons. The molecular weight excluding hydrogens is 240 g/mol. The predicted molar refractivity (Wildman–Crippen MR) is 73.9 cm³/mol. The summed E-state index contributed by atoms with van der Waals surface area (Å²) in [5, 5.41) is 12.0. The van der Waals surface area contributed by atoms with Gasteiger partial charge in [-0.05, 0) is 19.1 Å². The molecule has 2 aromatic heterocycles. The summed E-state index contributed by atoms with van der Waals surface area (Å²) in [5.74, 6) is 1.78. The van der Waals surface area contributed by atoms with Gasteiger partial charge in [-0.15, -0.1) is 10.2 Å². The second-order valence-electron chi connectivity index (χ2n) is 4.94. The number of imidazole rings is 1. The maximum absolute atomic E-state index is 4.33. The molecule has 1 fully saturated rings. The van der Waals surface area contributed by atoms with Gasteiger partial charge < -0.3 is 14.8 Å². The lowest BCUT2D eigenvalue weighted by molar-refractivity contribution is 0.481. The number of aromatic nitrogens is 4. The second-order valence-corrected chi connectivity index (χ2v) is 4.94. The Labute approximate surface area is 112 Å².